The van der Waals surface area contributed by atoms with Gasteiger partial charge in [-0.15, -0.1) is 0 Å². The normalized spacial score (nSPS) is 10.8. The average Bonchev–Trinajstić information content (AvgIpc) is 2.66. The van der Waals surface area contributed by atoms with Gasteiger partial charge >= 0.3 is 11.8 Å². The number of halogens is 1. The summed E-state index contributed by atoms with van der Waals surface area (Å²) in [5.74, 6) is -1.02. The largest absolute Gasteiger partial charge is 0.493 e. The Morgan fingerprint density at radius 1 is 1.14 bits per heavy atom. The molecule has 0 saturated carbocycles. The molecule has 8 heteroatoms. The molecule has 0 aliphatic rings. The van der Waals surface area contributed by atoms with Crippen molar-refractivity contribution in [3.63, 3.8) is 0 Å². The molecule has 2 aromatic rings. The molecule has 0 bridgehead atoms. The monoisotopic (exact) mass is 387 g/mol. The summed E-state index contributed by atoms with van der Waals surface area (Å²) < 4.78 is 24.2. The van der Waals surface area contributed by atoms with Gasteiger partial charge in [-0.2, -0.15) is 5.10 Å². The van der Waals surface area contributed by atoms with Crippen LogP contribution in [-0.4, -0.2) is 31.2 Å². The Labute approximate surface area is 162 Å². The number of hydrazone groups is 1. The van der Waals surface area contributed by atoms with E-state index in [1.54, 1.807) is 44.2 Å². The van der Waals surface area contributed by atoms with Gasteiger partial charge in [-0.3, -0.25) is 9.59 Å². The first-order valence-electron chi connectivity index (χ1n) is 8.58. The van der Waals surface area contributed by atoms with Crippen LogP contribution in [0, 0.1) is 5.82 Å². The first-order chi connectivity index (χ1) is 13.4. The van der Waals surface area contributed by atoms with E-state index in [9.17, 15) is 14.0 Å². The summed E-state index contributed by atoms with van der Waals surface area (Å²) in [5, 5.41) is 6.22. The Bertz CT molecular complexity index is 868. The van der Waals surface area contributed by atoms with Gasteiger partial charge in [-0.1, -0.05) is 12.1 Å². The molecule has 0 aliphatic carbocycles. The fourth-order valence-electron chi connectivity index (χ4n) is 2.22. The van der Waals surface area contributed by atoms with Gasteiger partial charge in [0.2, 0.25) is 0 Å². The summed E-state index contributed by atoms with van der Waals surface area (Å²) in [6, 6.07) is 11.0. The van der Waals surface area contributed by atoms with Crippen molar-refractivity contribution >= 4 is 18.0 Å². The molecule has 0 unspecified atom stereocenters. The Morgan fingerprint density at radius 3 is 2.61 bits per heavy atom. The highest BCUT2D eigenvalue weighted by atomic mass is 19.1. The second-order valence-corrected chi connectivity index (χ2v) is 6.16. The predicted octanol–water partition coefficient (Wildman–Crippen LogP) is 2.39. The highest BCUT2D eigenvalue weighted by molar-refractivity contribution is 6.35. The topological polar surface area (TPSA) is 89.0 Å². The van der Waals surface area contributed by atoms with Crippen molar-refractivity contribution < 1.29 is 23.5 Å². The number of methoxy groups -OCH3 is 1. The zero-order chi connectivity index (χ0) is 20.5. The molecule has 28 heavy (non-hydrogen) atoms. The molecule has 7 nitrogen and oxygen atoms in total. The van der Waals surface area contributed by atoms with Gasteiger partial charge in [-0.05, 0) is 55.3 Å². The first-order valence-corrected chi connectivity index (χ1v) is 8.58. The zero-order valence-electron chi connectivity index (χ0n) is 15.9. The number of ether oxygens (including phenoxy) is 2. The Hall–Kier alpha value is -3.42. The third-order valence-electron chi connectivity index (χ3n) is 3.48. The van der Waals surface area contributed by atoms with E-state index in [4.69, 9.17) is 9.47 Å². The standard InChI is InChI=1S/C20H22FN3O4/c1-13(2)23-19(25)20(26)24-22-11-14-7-8-17(18(10-14)27-3)28-12-15-5-4-6-16(21)9-15/h4-11,13H,12H2,1-3H3,(H,23,25)(H,24,26)/b22-11-. The highest BCUT2D eigenvalue weighted by Gasteiger charge is 2.13. The molecule has 2 amide bonds. The smallest absolute Gasteiger partial charge is 0.329 e. The van der Waals surface area contributed by atoms with E-state index in [0.717, 1.165) is 0 Å². The second-order valence-electron chi connectivity index (χ2n) is 6.16. The van der Waals surface area contributed by atoms with Crippen LogP contribution in [0.4, 0.5) is 4.39 Å². The molecule has 0 fully saturated rings. The van der Waals surface area contributed by atoms with Gasteiger partial charge in [0.1, 0.15) is 12.4 Å². The van der Waals surface area contributed by atoms with E-state index in [2.05, 4.69) is 15.8 Å². The quantitative estimate of drug-likeness (QED) is 0.434. The fraction of sp³-hybridized carbons (Fsp3) is 0.250. The van der Waals surface area contributed by atoms with Crippen LogP contribution in [0.2, 0.25) is 0 Å². The molecule has 0 atom stereocenters. The van der Waals surface area contributed by atoms with Gasteiger partial charge < -0.3 is 14.8 Å². The number of hydrogen-bond acceptors (Lipinski definition) is 5. The maximum absolute atomic E-state index is 13.2. The highest BCUT2D eigenvalue weighted by Crippen LogP contribution is 2.28. The summed E-state index contributed by atoms with van der Waals surface area (Å²) in [4.78, 5) is 23.1. The number of rotatable bonds is 7. The van der Waals surface area contributed by atoms with Crippen molar-refractivity contribution in [3.05, 3.63) is 59.4 Å². The van der Waals surface area contributed by atoms with Crippen LogP contribution in [-0.2, 0) is 16.2 Å². The van der Waals surface area contributed by atoms with E-state index in [1.807, 2.05) is 0 Å². The summed E-state index contributed by atoms with van der Waals surface area (Å²) in [6.07, 6.45) is 1.37. The zero-order valence-corrected chi connectivity index (χ0v) is 15.9. The predicted molar refractivity (Wildman–Crippen MR) is 103 cm³/mol. The lowest BCUT2D eigenvalue weighted by molar-refractivity contribution is -0.139. The SMILES string of the molecule is COc1cc(/C=N\NC(=O)C(=O)NC(C)C)ccc1OCc1cccc(F)c1. The van der Waals surface area contributed by atoms with Gasteiger partial charge in [-0.25, -0.2) is 9.82 Å². The van der Waals surface area contributed by atoms with Crippen molar-refractivity contribution in [1.29, 1.82) is 0 Å². The van der Waals surface area contributed by atoms with Crippen molar-refractivity contribution in [1.82, 2.24) is 10.7 Å². The molecule has 2 N–H and O–H groups in total. The molecule has 0 saturated heterocycles. The number of amides is 2. The maximum Gasteiger partial charge on any atom is 0.329 e. The summed E-state index contributed by atoms with van der Waals surface area (Å²) in [7, 11) is 1.49. The molecule has 148 valence electrons. The average molecular weight is 387 g/mol. The van der Waals surface area contributed by atoms with Crippen molar-refractivity contribution in [2.75, 3.05) is 7.11 Å². The minimum absolute atomic E-state index is 0.147. The van der Waals surface area contributed by atoms with Gasteiger partial charge in [0, 0.05) is 6.04 Å². The molecule has 2 rings (SSSR count). The Morgan fingerprint density at radius 2 is 1.93 bits per heavy atom. The van der Waals surface area contributed by atoms with Crippen LogP contribution in [0.25, 0.3) is 0 Å². The number of benzene rings is 2. The third-order valence-corrected chi connectivity index (χ3v) is 3.48. The van der Waals surface area contributed by atoms with E-state index >= 15 is 0 Å². The second kappa shape index (κ2) is 10.1. The Kier molecular flexibility index (Phi) is 7.50. The molecule has 2 aromatic carbocycles. The van der Waals surface area contributed by atoms with Crippen LogP contribution < -0.4 is 20.2 Å². The number of carbonyl (C=O) groups excluding carboxylic acids is 2. The van der Waals surface area contributed by atoms with Crippen molar-refractivity contribution in [2.24, 2.45) is 5.10 Å². The van der Waals surface area contributed by atoms with E-state index in [-0.39, 0.29) is 18.5 Å². The summed E-state index contributed by atoms with van der Waals surface area (Å²) >= 11 is 0. The molecule has 0 radical (unpaired) electrons. The molecule has 0 spiro atoms. The first kappa shape index (κ1) is 20.9. The maximum atomic E-state index is 13.2. The summed E-state index contributed by atoms with van der Waals surface area (Å²) in [5.41, 5.74) is 3.47. The lowest BCUT2D eigenvalue weighted by atomic mass is 10.2. The molecule has 0 aliphatic heterocycles. The molecular formula is C20H22FN3O4. The lowest BCUT2D eigenvalue weighted by Gasteiger charge is -2.11. The van der Waals surface area contributed by atoms with Crippen molar-refractivity contribution in [3.8, 4) is 11.5 Å². The minimum Gasteiger partial charge on any atom is -0.493 e. The lowest BCUT2D eigenvalue weighted by Crippen LogP contribution is -2.41. The number of carbonyl (C=O) groups is 2. The van der Waals surface area contributed by atoms with Crippen LogP contribution in [0.3, 0.4) is 0 Å². The van der Waals surface area contributed by atoms with Crippen LogP contribution >= 0.6 is 0 Å². The van der Waals surface area contributed by atoms with E-state index in [1.165, 1.54) is 25.5 Å². The molecular weight excluding hydrogens is 365 g/mol. The summed E-state index contributed by atoms with van der Waals surface area (Å²) in [6.45, 7) is 3.68. The van der Waals surface area contributed by atoms with Crippen LogP contribution in [0.1, 0.15) is 25.0 Å². The number of nitrogens with zero attached hydrogens (tertiary/aromatic N) is 1. The van der Waals surface area contributed by atoms with Crippen LogP contribution in [0.15, 0.2) is 47.6 Å². The molecule has 0 aromatic heterocycles. The van der Waals surface area contributed by atoms with Gasteiger partial charge in [0.05, 0.1) is 13.3 Å². The van der Waals surface area contributed by atoms with Crippen molar-refractivity contribution in [2.45, 2.75) is 26.5 Å². The fourth-order valence-corrected chi connectivity index (χ4v) is 2.22. The Balaban J connectivity index is 1.98. The third kappa shape index (κ3) is 6.39. The van der Waals surface area contributed by atoms with Gasteiger partial charge in [0.25, 0.3) is 0 Å². The van der Waals surface area contributed by atoms with Crippen LogP contribution in [0.5, 0.6) is 11.5 Å². The molecule has 0 heterocycles. The number of nitrogens with one attached hydrogen (secondary N) is 2. The van der Waals surface area contributed by atoms with E-state index in [0.29, 0.717) is 22.6 Å². The van der Waals surface area contributed by atoms with E-state index < -0.39 is 11.8 Å². The minimum atomic E-state index is -0.855. The number of hydrogen-bond donors (Lipinski definition) is 2. The van der Waals surface area contributed by atoms with Gasteiger partial charge in [0.15, 0.2) is 11.5 Å².